The van der Waals surface area contributed by atoms with Crippen LogP contribution in [0.15, 0.2) is 33.5 Å². The zero-order chi connectivity index (χ0) is 9.42. The summed E-state index contributed by atoms with van der Waals surface area (Å²) in [4.78, 5) is 10.9. The van der Waals surface area contributed by atoms with Crippen molar-refractivity contribution >= 4 is 10.8 Å². The van der Waals surface area contributed by atoms with Gasteiger partial charge in [-0.3, -0.25) is 0 Å². The molecule has 0 fully saturated rings. The van der Waals surface area contributed by atoms with Crippen LogP contribution in [0.2, 0.25) is 0 Å². The third-order valence-electron chi connectivity index (χ3n) is 1.80. The quantitative estimate of drug-likeness (QED) is 0.635. The Morgan fingerprint density at radius 2 is 1.69 bits per heavy atom. The van der Waals surface area contributed by atoms with E-state index in [1.54, 1.807) is 18.2 Å². The zero-order valence-corrected chi connectivity index (χ0v) is 6.52. The first-order chi connectivity index (χ1) is 6.20. The van der Waals surface area contributed by atoms with Crippen molar-refractivity contribution in [2.24, 2.45) is 0 Å². The molecule has 4 heteroatoms. The Kier molecular flexibility index (Phi) is 1.48. The lowest BCUT2D eigenvalue weighted by molar-refractivity contribution is 0.304. The Balaban J connectivity index is 3.06. The SMILES string of the molecule is O=c1oc(O)c2ccccc2c1O. The first-order valence-electron chi connectivity index (χ1n) is 3.64. The van der Waals surface area contributed by atoms with E-state index in [2.05, 4.69) is 4.42 Å². The number of hydrogen-bond donors (Lipinski definition) is 2. The van der Waals surface area contributed by atoms with Gasteiger partial charge in [0.2, 0.25) is 5.75 Å². The van der Waals surface area contributed by atoms with Gasteiger partial charge in [-0.2, -0.15) is 0 Å². The van der Waals surface area contributed by atoms with Gasteiger partial charge in [0.1, 0.15) is 0 Å². The highest BCUT2D eigenvalue weighted by molar-refractivity contribution is 5.90. The Morgan fingerprint density at radius 3 is 2.38 bits per heavy atom. The van der Waals surface area contributed by atoms with Gasteiger partial charge in [-0.1, -0.05) is 18.2 Å². The van der Waals surface area contributed by atoms with E-state index in [0.717, 1.165) is 0 Å². The normalized spacial score (nSPS) is 10.5. The van der Waals surface area contributed by atoms with E-state index in [-0.39, 0.29) is 5.39 Å². The summed E-state index contributed by atoms with van der Waals surface area (Å²) in [6.07, 6.45) is 0. The topological polar surface area (TPSA) is 70.7 Å². The van der Waals surface area contributed by atoms with Gasteiger partial charge in [-0.15, -0.1) is 0 Å². The second-order valence-electron chi connectivity index (χ2n) is 2.59. The molecule has 4 nitrogen and oxygen atoms in total. The van der Waals surface area contributed by atoms with Crippen LogP contribution in [0.25, 0.3) is 10.8 Å². The fourth-order valence-corrected chi connectivity index (χ4v) is 1.18. The van der Waals surface area contributed by atoms with E-state index in [4.69, 9.17) is 0 Å². The van der Waals surface area contributed by atoms with Crippen molar-refractivity contribution in [1.29, 1.82) is 0 Å². The maximum Gasteiger partial charge on any atom is 0.381 e. The van der Waals surface area contributed by atoms with Crippen molar-refractivity contribution in [1.82, 2.24) is 0 Å². The number of fused-ring (bicyclic) bond motifs is 1. The highest BCUT2D eigenvalue weighted by Crippen LogP contribution is 2.27. The molecule has 0 aliphatic rings. The molecule has 13 heavy (non-hydrogen) atoms. The minimum atomic E-state index is -0.934. The molecule has 0 saturated carbocycles. The third-order valence-corrected chi connectivity index (χ3v) is 1.80. The second-order valence-corrected chi connectivity index (χ2v) is 2.59. The third kappa shape index (κ3) is 1.03. The van der Waals surface area contributed by atoms with E-state index in [1.807, 2.05) is 0 Å². The van der Waals surface area contributed by atoms with E-state index >= 15 is 0 Å². The lowest BCUT2D eigenvalue weighted by Gasteiger charge is -1.99. The number of aromatic hydroxyl groups is 2. The number of benzene rings is 1. The van der Waals surface area contributed by atoms with Gasteiger partial charge in [-0.25, -0.2) is 4.79 Å². The molecule has 0 spiro atoms. The predicted octanol–water partition coefficient (Wildman–Crippen LogP) is 1.20. The molecule has 0 amide bonds. The van der Waals surface area contributed by atoms with Gasteiger partial charge in [-0.05, 0) is 6.07 Å². The minimum absolute atomic E-state index is 0.288. The fraction of sp³-hybridized carbons (Fsp3) is 0. The van der Waals surface area contributed by atoms with E-state index in [1.165, 1.54) is 6.07 Å². The lowest BCUT2D eigenvalue weighted by Crippen LogP contribution is -1.97. The van der Waals surface area contributed by atoms with Gasteiger partial charge >= 0.3 is 5.63 Å². The standard InChI is InChI=1S/C9H6O4/c10-7-5-3-1-2-4-6(5)8(11)13-9(7)12/h1-4,10-11H. The molecule has 2 rings (SSSR count). The number of rotatable bonds is 0. The van der Waals surface area contributed by atoms with Crippen molar-refractivity contribution < 1.29 is 14.6 Å². The molecule has 0 saturated heterocycles. The van der Waals surface area contributed by atoms with Crippen LogP contribution in [0, 0.1) is 0 Å². The molecular formula is C9H6O4. The second kappa shape index (κ2) is 2.52. The summed E-state index contributed by atoms with van der Waals surface area (Å²) < 4.78 is 4.37. The van der Waals surface area contributed by atoms with Crippen LogP contribution in [0.3, 0.4) is 0 Å². The first kappa shape index (κ1) is 7.67. The summed E-state index contributed by atoms with van der Waals surface area (Å²) in [5, 5.41) is 19.1. The largest absolute Gasteiger partial charge is 0.501 e. The van der Waals surface area contributed by atoms with Crippen LogP contribution in [0.1, 0.15) is 0 Å². The summed E-state index contributed by atoms with van der Waals surface area (Å²) in [6, 6.07) is 6.40. The maximum absolute atomic E-state index is 10.9. The van der Waals surface area contributed by atoms with Crippen LogP contribution in [0.5, 0.6) is 11.7 Å². The van der Waals surface area contributed by atoms with Crippen LogP contribution in [0.4, 0.5) is 0 Å². The molecule has 0 bridgehead atoms. The average Bonchev–Trinajstić information content (AvgIpc) is 2.15. The van der Waals surface area contributed by atoms with Crippen LogP contribution < -0.4 is 5.63 Å². The Bertz CT molecular complexity index is 512. The summed E-state index contributed by atoms with van der Waals surface area (Å²) in [7, 11) is 0. The molecule has 0 atom stereocenters. The average molecular weight is 178 g/mol. The summed E-state index contributed by atoms with van der Waals surface area (Å²) in [6.45, 7) is 0. The lowest BCUT2D eigenvalue weighted by atomic mass is 10.2. The van der Waals surface area contributed by atoms with E-state index < -0.39 is 17.3 Å². The van der Waals surface area contributed by atoms with Gasteiger partial charge < -0.3 is 14.6 Å². The minimum Gasteiger partial charge on any atom is -0.501 e. The highest BCUT2D eigenvalue weighted by Gasteiger charge is 2.09. The van der Waals surface area contributed by atoms with Gasteiger partial charge in [0.15, 0.2) is 0 Å². The van der Waals surface area contributed by atoms with Crippen LogP contribution in [-0.2, 0) is 0 Å². The van der Waals surface area contributed by atoms with Crippen molar-refractivity contribution in [3.63, 3.8) is 0 Å². The van der Waals surface area contributed by atoms with E-state index in [9.17, 15) is 15.0 Å². The van der Waals surface area contributed by atoms with Crippen molar-refractivity contribution in [3.05, 3.63) is 34.7 Å². The molecular weight excluding hydrogens is 172 g/mol. The molecule has 1 aromatic carbocycles. The molecule has 2 aromatic rings. The maximum atomic E-state index is 10.9. The summed E-state index contributed by atoms with van der Waals surface area (Å²) in [5.41, 5.74) is -0.934. The zero-order valence-electron chi connectivity index (χ0n) is 6.52. The first-order valence-corrected chi connectivity index (χ1v) is 3.64. The number of hydrogen-bond acceptors (Lipinski definition) is 4. The van der Waals surface area contributed by atoms with Gasteiger partial charge in [0.25, 0.3) is 5.95 Å². The van der Waals surface area contributed by atoms with Crippen LogP contribution in [-0.4, -0.2) is 10.2 Å². The molecule has 0 aliphatic heterocycles. The van der Waals surface area contributed by atoms with Gasteiger partial charge in [0, 0.05) is 5.39 Å². The molecule has 66 valence electrons. The monoisotopic (exact) mass is 178 g/mol. The Morgan fingerprint density at radius 1 is 1.08 bits per heavy atom. The highest BCUT2D eigenvalue weighted by atomic mass is 16.5. The van der Waals surface area contributed by atoms with Crippen molar-refractivity contribution in [2.45, 2.75) is 0 Å². The molecule has 1 heterocycles. The molecule has 0 unspecified atom stereocenters. The molecule has 2 N–H and O–H groups in total. The summed E-state index contributed by atoms with van der Waals surface area (Å²) in [5.74, 6) is -0.952. The molecule has 1 aromatic heterocycles. The van der Waals surface area contributed by atoms with Crippen LogP contribution >= 0.6 is 0 Å². The molecule has 0 radical (unpaired) electrons. The Hall–Kier alpha value is -1.97. The van der Waals surface area contributed by atoms with Crippen molar-refractivity contribution in [3.8, 4) is 11.7 Å². The van der Waals surface area contributed by atoms with Gasteiger partial charge in [0.05, 0.1) is 5.39 Å². The fourth-order valence-electron chi connectivity index (χ4n) is 1.18. The van der Waals surface area contributed by atoms with Crippen molar-refractivity contribution in [2.75, 3.05) is 0 Å². The predicted molar refractivity (Wildman–Crippen MR) is 45.8 cm³/mol. The summed E-state index contributed by atoms with van der Waals surface area (Å²) >= 11 is 0. The Labute approximate surface area is 72.7 Å². The smallest absolute Gasteiger partial charge is 0.381 e. The molecule has 0 aliphatic carbocycles. The van der Waals surface area contributed by atoms with E-state index in [0.29, 0.717) is 5.39 Å².